The lowest BCUT2D eigenvalue weighted by atomic mass is 10.4. The molecule has 1 N–H and O–H groups in total. The second kappa shape index (κ2) is 5.92. The van der Waals surface area contributed by atoms with E-state index in [1.165, 1.54) is 10.8 Å². The van der Waals surface area contributed by atoms with Gasteiger partial charge in [-0.2, -0.15) is 4.98 Å². The zero-order valence-corrected chi connectivity index (χ0v) is 12.0. The van der Waals surface area contributed by atoms with E-state index in [4.69, 9.17) is 4.74 Å². The van der Waals surface area contributed by atoms with E-state index in [9.17, 15) is 9.18 Å². The predicted octanol–water partition coefficient (Wildman–Crippen LogP) is 2.20. The first-order chi connectivity index (χ1) is 9.01. The van der Waals surface area contributed by atoms with Crippen molar-refractivity contribution < 1.29 is 9.13 Å². The maximum atomic E-state index is 13.9. The monoisotopic (exact) mass is 287 g/mol. The van der Waals surface area contributed by atoms with E-state index >= 15 is 0 Å². The number of nitrogens with one attached hydrogen (secondary N) is 1. The Balaban J connectivity index is 2.24. The number of hydrogen-bond acceptors (Lipinski definition) is 5. The van der Waals surface area contributed by atoms with Crippen LogP contribution in [0.2, 0.25) is 0 Å². The minimum absolute atomic E-state index is 0.00561. The van der Waals surface area contributed by atoms with Crippen LogP contribution in [-0.4, -0.2) is 26.8 Å². The Kier molecular flexibility index (Phi) is 4.46. The highest BCUT2D eigenvalue weighted by molar-refractivity contribution is 7.99. The van der Waals surface area contributed by atoms with Crippen LogP contribution in [0.4, 0.5) is 10.2 Å². The molecule has 1 aliphatic heterocycles. The first-order valence-electron chi connectivity index (χ1n) is 6.33. The fourth-order valence-corrected chi connectivity index (χ4v) is 2.89. The standard InChI is InChI=1S/C12H18FN3O2S/c1-4-10-18-9(6-19-10)16-5-8(13)11(14-7(2)3)15-12(16)17/h5,7,9-10H,4,6H2,1-3H3,(H,14,15,17)/t9?,10-/m1/s1. The van der Waals surface area contributed by atoms with Crippen molar-refractivity contribution in [3.05, 3.63) is 22.5 Å². The summed E-state index contributed by atoms with van der Waals surface area (Å²) >= 11 is 1.63. The van der Waals surface area contributed by atoms with Crippen LogP contribution in [0.25, 0.3) is 0 Å². The Hall–Kier alpha value is -1.08. The SMILES string of the molecule is CC[C@@H]1OC(n2cc(F)c(NC(C)C)nc2=O)CS1. The molecule has 1 saturated heterocycles. The summed E-state index contributed by atoms with van der Waals surface area (Å²) in [6.45, 7) is 5.72. The van der Waals surface area contributed by atoms with Crippen LogP contribution in [0.15, 0.2) is 11.0 Å². The van der Waals surface area contributed by atoms with Gasteiger partial charge in [0.05, 0.1) is 6.20 Å². The molecule has 1 aliphatic rings. The topological polar surface area (TPSA) is 56.1 Å². The van der Waals surface area contributed by atoms with Gasteiger partial charge in [0.2, 0.25) is 0 Å². The van der Waals surface area contributed by atoms with Gasteiger partial charge in [0, 0.05) is 11.8 Å². The third kappa shape index (κ3) is 3.27. The number of halogens is 1. The van der Waals surface area contributed by atoms with Crippen molar-refractivity contribution in [3.63, 3.8) is 0 Å². The van der Waals surface area contributed by atoms with Gasteiger partial charge in [-0.1, -0.05) is 6.92 Å². The summed E-state index contributed by atoms with van der Waals surface area (Å²) in [5.41, 5.74) is -0.430. The molecule has 1 fully saturated rings. The number of nitrogens with zero attached hydrogens (tertiary/aromatic N) is 2. The first-order valence-corrected chi connectivity index (χ1v) is 7.38. The highest BCUT2D eigenvalue weighted by Crippen LogP contribution is 2.32. The Morgan fingerprint density at radius 2 is 2.42 bits per heavy atom. The molecule has 1 aromatic rings. The number of thioether (sulfide) groups is 1. The van der Waals surface area contributed by atoms with Gasteiger partial charge in [0.15, 0.2) is 11.6 Å². The van der Waals surface area contributed by atoms with Gasteiger partial charge < -0.3 is 10.1 Å². The third-order valence-electron chi connectivity index (χ3n) is 2.71. The zero-order chi connectivity index (χ0) is 14.0. The summed E-state index contributed by atoms with van der Waals surface area (Å²) in [5.74, 6) is 0.0898. The summed E-state index contributed by atoms with van der Waals surface area (Å²) < 4.78 is 20.8. The van der Waals surface area contributed by atoms with Crippen LogP contribution in [0.5, 0.6) is 0 Å². The Morgan fingerprint density at radius 1 is 1.68 bits per heavy atom. The summed E-state index contributed by atoms with van der Waals surface area (Å²) in [6.07, 6.45) is 1.60. The van der Waals surface area contributed by atoms with Gasteiger partial charge in [-0.05, 0) is 20.3 Å². The fraction of sp³-hybridized carbons (Fsp3) is 0.667. The summed E-state index contributed by atoms with van der Waals surface area (Å²) in [6, 6.07) is 0.0139. The Labute approximate surface area is 115 Å². The molecule has 0 radical (unpaired) electrons. The van der Waals surface area contributed by atoms with Crippen LogP contribution >= 0.6 is 11.8 Å². The molecule has 2 heterocycles. The van der Waals surface area contributed by atoms with Gasteiger partial charge in [0.25, 0.3) is 0 Å². The second-order valence-electron chi connectivity index (χ2n) is 4.69. The van der Waals surface area contributed by atoms with Gasteiger partial charge in [-0.3, -0.25) is 4.57 Å². The van der Waals surface area contributed by atoms with E-state index in [2.05, 4.69) is 10.3 Å². The van der Waals surface area contributed by atoms with Crippen LogP contribution in [0, 0.1) is 5.82 Å². The number of aromatic nitrogens is 2. The van der Waals surface area contributed by atoms with E-state index in [0.717, 1.165) is 6.42 Å². The molecule has 0 amide bonds. The lowest BCUT2D eigenvalue weighted by molar-refractivity contribution is 0.0142. The van der Waals surface area contributed by atoms with Gasteiger partial charge >= 0.3 is 5.69 Å². The smallest absolute Gasteiger partial charge is 0.351 e. The van der Waals surface area contributed by atoms with Crippen molar-refractivity contribution >= 4 is 17.6 Å². The highest BCUT2D eigenvalue weighted by Gasteiger charge is 2.27. The summed E-state index contributed by atoms with van der Waals surface area (Å²) in [4.78, 5) is 15.7. The minimum atomic E-state index is -0.540. The molecule has 0 spiro atoms. The second-order valence-corrected chi connectivity index (χ2v) is 5.88. The van der Waals surface area contributed by atoms with E-state index < -0.39 is 17.7 Å². The van der Waals surface area contributed by atoms with Gasteiger partial charge in [-0.15, -0.1) is 11.8 Å². The van der Waals surface area contributed by atoms with Crippen LogP contribution in [0.1, 0.15) is 33.4 Å². The van der Waals surface area contributed by atoms with Crippen LogP contribution in [0.3, 0.4) is 0 Å². The molecule has 0 saturated carbocycles. The van der Waals surface area contributed by atoms with E-state index in [1.54, 1.807) is 11.8 Å². The molecule has 1 unspecified atom stereocenters. The van der Waals surface area contributed by atoms with Gasteiger partial charge in [0.1, 0.15) is 11.7 Å². The minimum Gasteiger partial charge on any atom is -0.365 e. The van der Waals surface area contributed by atoms with Crippen molar-refractivity contribution in [2.24, 2.45) is 0 Å². The fourth-order valence-electron chi connectivity index (χ4n) is 1.83. The Morgan fingerprint density at radius 3 is 3.00 bits per heavy atom. The normalized spacial score (nSPS) is 23.0. The number of rotatable bonds is 4. The molecule has 0 aliphatic carbocycles. The molecule has 7 heteroatoms. The predicted molar refractivity (Wildman–Crippen MR) is 73.9 cm³/mol. The zero-order valence-electron chi connectivity index (χ0n) is 11.2. The van der Waals surface area contributed by atoms with Crippen LogP contribution < -0.4 is 11.0 Å². The molecule has 0 aromatic carbocycles. The molecule has 2 atom stereocenters. The maximum Gasteiger partial charge on any atom is 0.351 e. The number of hydrogen-bond donors (Lipinski definition) is 1. The molecular weight excluding hydrogens is 269 g/mol. The molecule has 0 bridgehead atoms. The molecule has 106 valence electrons. The highest BCUT2D eigenvalue weighted by atomic mass is 32.2. The molecule has 1 aromatic heterocycles. The maximum absolute atomic E-state index is 13.9. The average Bonchev–Trinajstić information content (AvgIpc) is 2.81. The van der Waals surface area contributed by atoms with Crippen molar-refractivity contribution in [2.45, 2.75) is 44.9 Å². The average molecular weight is 287 g/mol. The van der Waals surface area contributed by atoms with Crippen molar-refractivity contribution in [3.8, 4) is 0 Å². The molecule has 2 rings (SSSR count). The van der Waals surface area contributed by atoms with Gasteiger partial charge in [-0.25, -0.2) is 9.18 Å². The number of ether oxygens (including phenoxy) is 1. The van der Waals surface area contributed by atoms with E-state index in [1.807, 2.05) is 20.8 Å². The van der Waals surface area contributed by atoms with E-state index in [-0.39, 0.29) is 17.3 Å². The van der Waals surface area contributed by atoms with Crippen molar-refractivity contribution in [1.29, 1.82) is 0 Å². The van der Waals surface area contributed by atoms with E-state index in [0.29, 0.717) is 5.75 Å². The first kappa shape index (κ1) is 14.3. The quantitative estimate of drug-likeness (QED) is 0.920. The van der Waals surface area contributed by atoms with Crippen molar-refractivity contribution in [1.82, 2.24) is 9.55 Å². The molecular formula is C12H18FN3O2S. The summed E-state index contributed by atoms with van der Waals surface area (Å²) in [5, 5.41) is 2.81. The largest absolute Gasteiger partial charge is 0.365 e. The third-order valence-corrected chi connectivity index (χ3v) is 4.00. The lowest BCUT2D eigenvalue weighted by Crippen LogP contribution is -2.30. The van der Waals surface area contributed by atoms with Crippen molar-refractivity contribution in [2.75, 3.05) is 11.1 Å². The number of anilines is 1. The Bertz CT molecular complexity index is 506. The lowest BCUT2D eigenvalue weighted by Gasteiger charge is -2.16. The molecule has 19 heavy (non-hydrogen) atoms. The molecule has 5 nitrogen and oxygen atoms in total. The summed E-state index contributed by atoms with van der Waals surface area (Å²) in [7, 11) is 0. The van der Waals surface area contributed by atoms with Crippen LogP contribution in [-0.2, 0) is 4.74 Å².